The van der Waals surface area contributed by atoms with Crippen molar-refractivity contribution in [2.45, 2.75) is 50.7 Å². The molecule has 1 aliphatic carbocycles. The fraction of sp³-hybridized carbons (Fsp3) is 0.286. The zero-order valence-electron chi connectivity index (χ0n) is 20.0. The van der Waals surface area contributed by atoms with E-state index in [1.54, 1.807) is 5.20 Å². The van der Waals surface area contributed by atoms with Crippen LogP contribution in [0.1, 0.15) is 17.3 Å². The highest BCUT2D eigenvalue weighted by molar-refractivity contribution is 6.87. The Morgan fingerprint density at radius 2 is 1.19 bits per heavy atom. The van der Waals surface area contributed by atoms with Crippen molar-refractivity contribution >= 4 is 43.5 Å². The molecule has 4 heteroatoms. The number of aromatic nitrogens is 2. The van der Waals surface area contributed by atoms with E-state index in [0.29, 0.717) is 11.5 Å². The molecule has 0 N–H and O–H groups in total. The van der Waals surface area contributed by atoms with E-state index in [1.165, 1.54) is 27.7 Å². The molecule has 1 aliphatic rings. The molecule has 0 amide bonds. The van der Waals surface area contributed by atoms with E-state index < -0.39 is 16.1 Å². The molecule has 0 saturated heterocycles. The minimum absolute atomic E-state index is 0.418. The third kappa shape index (κ3) is 3.55. The van der Waals surface area contributed by atoms with Gasteiger partial charge in [-0.1, -0.05) is 93.0 Å². The molecule has 2 aromatic heterocycles. The van der Waals surface area contributed by atoms with Crippen LogP contribution in [-0.4, -0.2) is 26.1 Å². The smallest absolute Gasteiger partial charge is 0.0738 e. The third-order valence-electron chi connectivity index (χ3n) is 6.80. The lowest BCUT2D eigenvalue weighted by Crippen LogP contribution is -2.47. The molecule has 162 valence electrons. The number of hydrogen-bond donors (Lipinski definition) is 0. The number of allylic oxidation sites excluding steroid dienone is 2. The number of para-hydroxylation sites is 2. The summed E-state index contributed by atoms with van der Waals surface area (Å²) in [7, 11) is -3.14. The lowest BCUT2D eigenvalue weighted by atomic mass is 9.80. The fourth-order valence-corrected chi connectivity index (χ4v) is 10.6. The van der Waals surface area contributed by atoms with Crippen LogP contribution in [0.3, 0.4) is 0 Å². The summed E-state index contributed by atoms with van der Waals surface area (Å²) < 4.78 is 0. The van der Waals surface area contributed by atoms with Crippen LogP contribution < -0.4 is 0 Å². The lowest BCUT2D eigenvalue weighted by Gasteiger charge is -2.51. The van der Waals surface area contributed by atoms with Crippen molar-refractivity contribution in [3.8, 4) is 0 Å². The Kier molecular flexibility index (Phi) is 4.99. The summed E-state index contributed by atoms with van der Waals surface area (Å²) in [6.07, 6.45) is 0. The summed E-state index contributed by atoms with van der Waals surface area (Å²) in [5.74, 6) is 0.418. The van der Waals surface area contributed by atoms with Gasteiger partial charge in [-0.3, -0.25) is 4.98 Å². The molecular formula is C28H32N2Si2. The van der Waals surface area contributed by atoms with E-state index >= 15 is 0 Å². The molecule has 2 heterocycles. The normalized spacial score (nSPS) is 19.4. The maximum atomic E-state index is 5.19. The van der Waals surface area contributed by atoms with Crippen molar-refractivity contribution in [1.29, 1.82) is 0 Å². The van der Waals surface area contributed by atoms with E-state index in [2.05, 4.69) is 112 Å². The van der Waals surface area contributed by atoms with E-state index in [9.17, 15) is 0 Å². The summed E-state index contributed by atoms with van der Waals surface area (Å²) in [6, 6.07) is 26.0. The fourth-order valence-electron chi connectivity index (χ4n) is 5.46. The number of fused-ring (bicyclic) bond motifs is 2. The van der Waals surface area contributed by atoms with Crippen molar-refractivity contribution in [1.82, 2.24) is 9.97 Å². The van der Waals surface area contributed by atoms with Crippen LogP contribution in [0.5, 0.6) is 0 Å². The SMILES string of the molecule is C[Si](C)(C)C1=C(c2ccc3ccccc3n2)[C@H]([Si](C)(C)C)[C@H]1c1ccc2ccccc2n1. The van der Waals surface area contributed by atoms with Crippen LogP contribution in [0.25, 0.3) is 27.4 Å². The van der Waals surface area contributed by atoms with Gasteiger partial charge in [-0.15, -0.1) is 0 Å². The largest absolute Gasteiger partial charge is 0.252 e. The first-order valence-electron chi connectivity index (χ1n) is 11.6. The molecule has 2 atom stereocenters. The Bertz CT molecular complexity index is 1360. The molecule has 32 heavy (non-hydrogen) atoms. The van der Waals surface area contributed by atoms with Crippen molar-refractivity contribution in [3.63, 3.8) is 0 Å². The third-order valence-corrected chi connectivity index (χ3v) is 11.5. The second-order valence-corrected chi connectivity index (χ2v) is 21.6. The molecule has 2 nitrogen and oxygen atoms in total. The summed E-state index contributed by atoms with van der Waals surface area (Å²) in [5.41, 5.74) is 6.70. The first-order chi connectivity index (χ1) is 15.1. The van der Waals surface area contributed by atoms with Gasteiger partial charge in [0, 0.05) is 22.4 Å². The predicted octanol–water partition coefficient (Wildman–Crippen LogP) is 7.92. The standard InChI is InChI=1S/C28H32N2Si2/c1-31(2,3)27-25(23-17-15-19-11-7-9-13-21(19)29-23)28(32(4,5)6)26(27)24-18-16-20-12-8-10-14-22(20)30-24/h7-18,25,27H,1-6H3/t25-,27-/m1/s1. The number of pyridine rings is 2. The summed E-state index contributed by atoms with van der Waals surface area (Å²) in [5, 5.41) is 4.08. The minimum Gasteiger partial charge on any atom is -0.252 e. The molecule has 0 fully saturated rings. The molecule has 4 aromatic rings. The molecule has 0 unspecified atom stereocenters. The highest BCUT2D eigenvalue weighted by Crippen LogP contribution is 2.62. The van der Waals surface area contributed by atoms with Crippen LogP contribution >= 0.6 is 0 Å². The van der Waals surface area contributed by atoms with E-state index in [4.69, 9.17) is 9.97 Å². The highest BCUT2D eigenvalue weighted by Gasteiger charge is 2.52. The molecular weight excluding hydrogens is 420 g/mol. The van der Waals surface area contributed by atoms with E-state index in [-0.39, 0.29) is 0 Å². The van der Waals surface area contributed by atoms with Gasteiger partial charge in [-0.05, 0) is 35.4 Å². The number of benzene rings is 2. The van der Waals surface area contributed by atoms with E-state index in [1.807, 2.05) is 0 Å². The van der Waals surface area contributed by atoms with Gasteiger partial charge < -0.3 is 0 Å². The monoisotopic (exact) mass is 452 g/mol. The van der Waals surface area contributed by atoms with Gasteiger partial charge in [0.15, 0.2) is 0 Å². The number of rotatable bonds is 4. The number of hydrogen-bond acceptors (Lipinski definition) is 2. The molecule has 5 rings (SSSR count). The molecule has 0 spiro atoms. The minimum atomic E-state index is -1.60. The van der Waals surface area contributed by atoms with Crippen LogP contribution in [-0.2, 0) is 0 Å². The summed E-state index contributed by atoms with van der Waals surface area (Å²) in [4.78, 5) is 10.4. The van der Waals surface area contributed by atoms with Crippen molar-refractivity contribution in [3.05, 3.63) is 89.4 Å². The van der Waals surface area contributed by atoms with Crippen LogP contribution in [0, 0.1) is 0 Å². The second kappa shape index (κ2) is 7.50. The quantitative estimate of drug-likeness (QED) is 0.294. The Balaban J connectivity index is 1.74. The Morgan fingerprint density at radius 3 is 1.78 bits per heavy atom. The summed E-state index contributed by atoms with van der Waals surface area (Å²) in [6.45, 7) is 15.0. The van der Waals surface area contributed by atoms with Gasteiger partial charge in [0.25, 0.3) is 0 Å². The Hall–Kier alpha value is -2.57. The average Bonchev–Trinajstić information content (AvgIpc) is 2.71. The highest BCUT2D eigenvalue weighted by atomic mass is 28.3. The van der Waals surface area contributed by atoms with Crippen LogP contribution in [0.2, 0.25) is 44.8 Å². The van der Waals surface area contributed by atoms with Gasteiger partial charge >= 0.3 is 0 Å². The van der Waals surface area contributed by atoms with Gasteiger partial charge in [0.2, 0.25) is 0 Å². The molecule has 0 bridgehead atoms. The van der Waals surface area contributed by atoms with Crippen LogP contribution in [0.4, 0.5) is 0 Å². The van der Waals surface area contributed by atoms with Crippen molar-refractivity contribution < 1.29 is 0 Å². The average molecular weight is 453 g/mol. The van der Waals surface area contributed by atoms with Crippen molar-refractivity contribution in [2.75, 3.05) is 0 Å². The zero-order valence-corrected chi connectivity index (χ0v) is 22.0. The first-order valence-corrected chi connectivity index (χ1v) is 18.7. The predicted molar refractivity (Wildman–Crippen MR) is 144 cm³/mol. The van der Waals surface area contributed by atoms with Gasteiger partial charge in [0.1, 0.15) is 0 Å². The molecule has 0 saturated carbocycles. The van der Waals surface area contributed by atoms with Gasteiger partial charge in [-0.25, -0.2) is 4.98 Å². The van der Waals surface area contributed by atoms with E-state index in [0.717, 1.165) is 11.0 Å². The van der Waals surface area contributed by atoms with Crippen molar-refractivity contribution in [2.24, 2.45) is 0 Å². The van der Waals surface area contributed by atoms with Gasteiger partial charge in [-0.2, -0.15) is 0 Å². The lowest BCUT2D eigenvalue weighted by molar-refractivity contribution is 0.732. The van der Waals surface area contributed by atoms with Gasteiger partial charge in [0.05, 0.1) is 32.9 Å². The molecule has 2 aromatic carbocycles. The second-order valence-electron chi connectivity index (χ2n) is 11.2. The maximum absolute atomic E-state index is 5.19. The topological polar surface area (TPSA) is 25.8 Å². The molecule has 0 radical (unpaired) electrons. The first kappa shape index (κ1) is 21.3. The Labute approximate surface area is 193 Å². The van der Waals surface area contributed by atoms with Crippen LogP contribution in [0.15, 0.2) is 78.0 Å². The summed E-state index contributed by atoms with van der Waals surface area (Å²) >= 11 is 0. The molecule has 0 aliphatic heterocycles. The number of nitrogens with zero attached hydrogens (tertiary/aromatic N) is 2. The Morgan fingerprint density at radius 1 is 0.625 bits per heavy atom. The zero-order chi connectivity index (χ0) is 22.7. The maximum Gasteiger partial charge on any atom is 0.0738 e.